The Labute approximate surface area is 201 Å². The Balaban J connectivity index is 1.64. The lowest BCUT2D eigenvalue weighted by molar-refractivity contribution is -0.131. The largest absolute Gasteiger partial charge is 0.380 e. The van der Waals surface area contributed by atoms with Gasteiger partial charge in [0.1, 0.15) is 0 Å². The molecule has 0 aromatic heterocycles. The Morgan fingerprint density at radius 1 is 1.22 bits per heavy atom. The van der Waals surface area contributed by atoms with Crippen molar-refractivity contribution in [2.45, 2.75) is 31.8 Å². The fraction of sp³-hybridized carbons (Fsp3) is 0.480. The van der Waals surface area contributed by atoms with E-state index in [2.05, 4.69) is 22.3 Å². The number of ether oxygens (including phenoxy) is 1. The quantitative estimate of drug-likeness (QED) is 0.486. The van der Waals surface area contributed by atoms with E-state index in [0.29, 0.717) is 22.5 Å². The SMILES string of the molecule is CCOCCNC1CCN(CC(c2ccccc2)N(C)C(=O)Cc2ccc(Cl)c(Cl)c2)C1. The number of carbonyl (C=O) groups is 1. The van der Waals surface area contributed by atoms with E-state index in [-0.39, 0.29) is 11.9 Å². The molecular formula is C25H33Cl2N3O2. The van der Waals surface area contributed by atoms with E-state index >= 15 is 0 Å². The first-order valence-corrected chi connectivity index (χ1v) is 12.0. The highest BCUT2D eigenvalue weighted by Gasteiger charge is 2.28. The van der Waals surface area contributed by atoms with Gasteiger partial charge in [-0.1, -0.05) is 59.6 Å². The van der Waals surface area contributed by atoms with Crippen LogP contribution < -0.4 is 5.32 Å². The number of benzene rings is 2. The van der Waals surface area contributed by atoms with E-state index in [0.717, 1.165) is 56.9 Å². The first kappa shape index (κ1) is 25.0. The molecule has 0 saturated carbocycles. The van der Waals surface area contributed by atoms with Gasteiger partial charge in [-0.3, -0.25) is 9.69 Å². The van der Waals surface area contributed by atoms with Crippen molar-refractivity contribution in [3.63, 3.8) is 0 Å². The second kappa shape index (κ2) is 12.6. The Morgan fingerprint density at radius 2 is 2.00 bits per heavy atom. The van der Waals surface area contributed by atoms with Gasteiger partial charge in [0.2, 0.25) is 5.91 Å². The number of carbonyl (C=O) groups excluding carboxylic acids is 1. The molecule has 5 nitrogen and oxygen atoms in total. The van der Waals surface area contributed by atoms with Gasteiger partial charge in [0.15, 0.2) is 0 Å². The zero-order valence-corrected chi connectivity index (χ0v) is 20.4. The maximum absolute atomic E-state index is 13.2. The number of rotatable bonds is 11. The molecule has 1 fully saturated rings. The minimum absolute atomic E-state index is 0.0198. The van der Waals surface area contributed by atoms with Gasteiger partial charge < -0.3 is 15.0 Å². The van der Waals surface area contributed by atoms with Crippen LogP contribution in [0.25, 0.3) is 0 Å². The molecule has 7 heteroatoms. The van der Waals surface area contributed by atoms with Crippen LogP contribution in [0.5, 0.6) is 0 Å². The molecule has 32 heavy (non-hydrogen) atoms. The molecule has 2 unspecified atom stereocenters. The predicted molar refractivity (Wildman–Crippen MR) is 131 cm³/mol. The van der Waals surface area contributed by atoms with Crippen LogP contribution in [0.1, 0.15) is 30.5 Å². The van der Waals surface area contributed by atoms with Crippen molar-refractivity contribution in [3.05, 3.63) is 69.7 Å². The van der Waals surface area contributed by atoms with Crippen LogP contribution in [-0.4, -0.2) is 68.2 Å². The summed E-state index contributed by atoms with van der Waals surface area (Å²) in [6.07, 6.45) is 1.40. The van der Waals surface area contributed by atoms with Gasteiger partial charge in [0, 0.05) is 39.3 Å². The van der Waals surface area contributed by atoms with Crippen LogP contribution in [0.2, 0.25) is 10.0 Å². The lowest BCUT2D eigenvalue weighted by atomic mass is 10.0. The van der Waals surface area contributed by atoms with Gasteiger partial charge in [-0.25, -0.2) is 0 Å². The van der Waals surface area contributed by atoms with Crippen molar-refractivity contribution in [1.82, 2.24) is 15.1 Å². The van der Waals surface area contributed by atoms with Crippen molar-refractivity contribution in [2.24, 2.45) is 0 Å². The summed E-state index contributed by atoms with van der Waals surface area (Å²) in [5.41, 5.74) is 2.01. The Hall–Kier alpha value is -1.63. The summed E-state index contributed by atoms with van der Waals surface area (Å²) in [5.74, 6) is 0.0582. The van der Waals surface area contributed by atoms with Crippen molar-refractivity contribution in [1.29, 1.82) is 0 Å². The molecule has 1 N–H and O–H groups in total. The van der Waals surface area contributed by atoms with Crippen LogP contribution in [-0.2, 0) is 16.0 Å². The molecule has 2 aromatic rings. The van der Waals surface area contributed by atoms with Crippen LogP contribution in [0.3, 0.4) is 0 Å². The van der Waals surface area contributed by atoms with Crippen LogP contribution >= 0.6 is 23.2 Å². The van der Waals surface area contributed by atoms with Gasteiger partial charge in [0.05, 0.1) is 29.1 Å². The molecule has 1 saturated heterocycles. The standard InChI is InChI=1S/C25H33Cl2N3O2/c1-3-32-14-12-28-21-11-13-30(17-21)18-24(20-7-5-4-6-8-20)29(2)25(31)16-19-9-10-22(26)23(27)15-19/h4-10,15,21,24,28H,3,11-14,16-18H2,1-2H3. The minimum atomic E-state index is -0.0198. The highest BCUT2D eigenvalue weighted by Crippen LogP contribution is 2.26. The molecular weight excluding hydrogens is 445 g/mol. The maximum Gasteiger partial charge on any atom is 0.227 e. The highest BCUT2D eigenvalue weighted by atomic mass is 35.5. The van der Waals surface area contributed by atoms with E-state index in [1.165, 1.54) is 0 Å². The smallest absolute Gasteiger partial charge is 0.227 e. The number of nitrogens with one attached hydrogen (secondary N) is 1. The number of likely N-dealkylation sites (N-methyl/N-ethyl adjacent to an activating group) is 1. The highest BCUT2D eigenvalue weighted by molar-refractivity contribution is 6.42. The first-order chi connectivity index (χ1) is 15.5. The van der Waals surface area contributed by atoms with Crippen molar-refractivity contribution < 1.29 is 9.53 Å². The number of nitrogens with zero attached hydrogens (tertiary/aromatic N) is 2. The molecule has 1 amide bonds. The Morgan fingerprint density at radius 3 is 2.72 bits per heavy atom. The lowest BCUT2D eigenvalue weighted by Gasteiger charge is -2.32. The molecule has 1 aliphatic heterocycles. The second-order valence-corrected chi connectivity index (χ2v) is 9.07. The summed E-state index contributed by atoms with van der Waals surface area (Å²) >= 11 is 12.2. The van der Waals surface area contributed by atoms with Gasteiger partial charge in [-0.05, 0) is 43.1 Å². The fourth-order valence-electron chi connectivity index (χ4n) is 4.14. The topological polar surface area (TPSA) is 44.8 Å². The summed E-state index contributed by atoms with van der Waals surface area (Å²) in [4.78, 5) is 17.5. The lowest BCUT2D eigenvalue weighted by Crippen LogP contribution is -2.41. The summed E-state index contributed by atoms with van der Waals surface area (Å²) in [6.45, 7) is 7.17. The molecule has 2 atom stereocenters. The normalized spacial score (nSPS) is 17.4. The molecule has 1 aliphatic rings. The summed E-state index contributed by atoms with van der Waals surface area (Å²) in [7, 11) is 1.89. The molecule has 2 aromatic carbocycles. The summed E-state index contributed by atoms with van der Waals surface area (Å²) < 4.78 is 5.43. The van der Waals surface area contributed by atoms with Gasteiger partial charge in [-0.15, -0.1) is 0 Å². The fourth-order valence-corrected chi connectivity index (χ4v) is 4.46. The van der Waals surface area contributed by atoms with Gasteiger partial charge in [0.25, 0.3) is 0 Å². The van der Waals surface area contributed by atoms with Crippen LogP contribution in [0.4, 0.5) is 0 Å². The molecule has 174 valence electrons. The third-order valence-corrected chi connectivity index (χ3v) is 6.71. The predicted octanol–water partition coefficient (Wildman–Crippen LogP) is 4.44. The zero-order valence-electron chi connectivity index (χ0n) is 18.9. The number of hydrogen-bond donors (Lipinski definition) is 1. The third kappa shape index (κ3) is 7.19. The van der Waals surface area contributed by atoms with Crippen molar-refractivity contribution in [2.75, 3.05) is 46.4 Å². The molecule has 0 spiro atoms. The van der Waals surface area contributed by atoms with Crippen LogP contribution in [0, 0.1) is 0 Å². The number of likely N-dealkylation sites (tertiary alicyclic amines) is 1. The molecule has 0 aliphatic carbocycles. The van der Waals surface area contributed by atoms with Crippen molar-refractivity contribution in [3.8, 4) is 0 Å². The molecule has 3 rings (SSSR count). The monoisotopic (exact) mass is 477 g/mol. The van der Waals surface area contributed by atoms with E-state index in [1.54, 1.807) is 12.1 Å². The van der Waals surface area contributed by atoms with Crippen LogP contribution in [0.15, 0.2) is 48.5 Å². The molecule has 0 radical (unpaired) electrons. The number of amides is 1. The van der Waals surface area contributed by atoms with E-state index < -0.39 is 0 Å². The maximum atomic E-state index is 13.2. The number of hydrogen-bond acceptors (Lipinski definition) is 4. The average molecular weight is 478 g/mol. The van der Waals surface area contributed by atoms with Crippen molar-refractivity contribution >= 4 is 29.1 Å². The average Bonchev–Trinajstić information content (AvgIpc) is 3.25. The summed E-state index contributed by atoms with van der Waals surface area (Å²) in [6, 6.07) is 16.1. The number of halogens is 2. The third-order valence-electron chi connectivity index (χ3n) is 5.97. The van der Waals surface area contributed by atoms with E-state index in [9.17, 15) is 4.79 Å². The van der Waals surface area contributed by atoms with Gasteiger partial charge in [-0.2, -0.15) is 0 Å². The van der Waals surface area contributed by atoms with E-state index in [1.807, 2.05) is 43.1 Å². The molecule has 1 heterocycles. The molecule has 0 bridgehead atoms. The first-order valence-electron chi connectivity index (χ1n) is 11.3. The van der Waals surface area contributed by atoms with Gasteiger partial charge >= 0.3 is 0 Å². The Kier molecular flexibility index (Phi) is 9.82. The Bertz CT molecular complexity index is 866. The second-order valence-electron chi connectivity index (χ2n) is 8.25. The summed E-state index contributed by atoms with van der Waals surface area (Å²) in [5, 5.41) is 4.55. The minimum Gasteiger partial charge on any atom is -0.380 e. The van der Waals surface area contributed by atoms with E-state index in [4.69, 9.17) is 27.9 Å². The zero-order chi connectivity index (χ0) is 22.9.